The van der Waals surface area contributed by atoms with E-state index >= 15 is 0 Å². The number of carbonyl (C=O) groups excluding carboxylic acids is 2. The van der Waals surface area contributed by atoms with Crippen molar-refractivity contribution >= 4 is 11.8 Å². The molecule has 0 unspecified atom stereocenters. The summed E-state index contributed by atoms with van der Waals surface area (Å²) in [6, 6.07) is 3.74. The van der Waals surface area contributed by atoms with E-state index in [1.165, 1.54) is 38.5 Å². The molecule has 0 amide bonds. The topological polar surface area (TPSA) is 76.1 Å². The third kappa shape index (κ3) is 4.44. The Morgan fingerprint density at radius 3 is 2.62 bits per heavy atom. The minimum atomic E-state index is -1.05. The first-order valence-corrected chi connectivity index (χ1v) is 14.6. The number of likely N-dealkylation sites (tertiary alicyclic amines) is 1. The van der Waals surface area contributed by atoms with Gasteiger partial charge in [-0.15, -0.1) is 6.58 Å². The van der Waals surface area contributed by atoms with Crippen LogP contribution in [0.5, 0.6) is 11.5 Å². The summed E-state index contributed by atoms with van der Waals surface area (Å²) < 4.78 is 12.2. The molecular formula is C31H43NO5. The maximum Gasteiger partial charge on any atom is 0.311 e. The van der Waals surface area contributed by atoms with Gasteiger partial charge < -0.3 is 14.6 Å². The molecule has 6 nitrogen and oxygen atoms in total. The van der Waals surface area contributed by atoms with Crippen LogP contribution in [0.1, 0.15) is 102 Å². The fourth-order valence-corrected chi connectivity index (χ4v) is 7.62. The number of rotatable bonds is 13. The predicted molar refractivity (Wildman–Crippen MR) is 143 cm³/mol. The minimum absolute atomic E-state index is 0.0385. The van der Waals surface area contributed by atoms with Crippen molar-refractivity contribution in [3.8, 4) is 11.5 Å². The van der Waals surface area contributed by atoms with E-state index in [1.807, 2.05) is 18.2 Å². The van der Waals surface area contributed by atoms with Gasteiger partial charge in [0.15, 0.2) is 23.4 Å². The van der Waals surface area contributed by atoms with Gasteiger partial charge in [0.25, 0.3) is 0 Å². The molecule has 37 heavy (non-hydrogen) atoms. The van der Waals surface area contributed by atoms with Gasteiger partial charge in [0.2, 0.25) is 0 Å². The van der Waals surface area contributed by atoms with Crippen LogP contribution in [-0.2, 0) is 21.4 Å². The molecule has 0 aromatic heterocycles. The van der Waals surface area contributed by atoms with E-state index in [2.05, 4.69) is 18.4 Å². The van der Waals surface area contributed by atoms with E-state index in [4.69, 9.17) is 9.47 Å². The number of hydrogen-bond acceptors (Lipinski definition) is 6. The monoisotopic (exact) mass is 509 g/mol. The molecule has 202 valence electrons. The summed E-state index contributed by atoms with van der Waals surface area (Å²) in [5, 5.41) is 12.2. The molecule has 6 heteroatoms. The summed E-state index contributed by atoms with van der Waals surface area (Å²) in [6.07, 6.45) is 14.4. The molecule has 1 spiro atoms. The average molecular weight is 510 g/mol. The lowest BCUT2D eigenvalue weighted by molar-refractivity contribution is -0.187. The van der Waals surface area contributed by atoms with Crippen molar-refractivity contribution in [1.29, 1.82) is 0 Å². The van der Waals surface area contributed by atoms with Gasteiger partial charge in [0.05, 0.1) is 11.0 Å². The first kappa shape index (κ1) is 26.4. The van der Waals surface area contributed by atoms with Crippen molar-refractivity contribution in [2.75, 3.05) is 13.1 Å². The highest BCUT2D eigenvalue weighted by atomic mass is 16.6. The summed E-state index contributed by atoms with van der Waals surface area (Å²) in [6.45, 7) is 7.62. The van der Waals surface area contributed by atoms with Crippen LogP contribution in [0.15, 0.2) is 24.8 Å². The number of hydrogen-bond donors (Lipinski definition) is 1. The third-order valence-electron chi connectivity index (χ3n) is 9.43. The number of ketones is 1. The highest BCUT2D eigenvalue weighted by molar-refractivity contribution is 5.90. The first-order chi connectivity index (χ1) is 18.0. The zero-order chi connectivity index (χ0) is 26.0. The molecule has 1 saturated heterocycles. The quantitative estimate of drug-likeness (QED) is 0.166. The summed E-state index contributed by atoms with van der Waals surface area (Å²) >= 11 is 0. The van der Waals surface area contributed by atoms with E-state index < -0.39 is 17.1 Å². The molecule has 2 heterocycles. The normalized spacial score (nSPS) is 29.5. The fraction of sp³-hybridized carbons (Fsp3) is 0.677. The molecule has 2 aliphatic heterocycles. The Balaban J connectivity index is 1.28. The van der Waals surface area contributed by atoms with Crippen molar-refractivity contribution in [2.24, 2.45) is 0 Å². The van der Waals surface area contributed by atoms with Crippen LogP contribution in [0.2, 0.25) is 0 Å². The maximum atomic E-state index is 13.1. The van der Waals surface area contributed by atoms with Crippen molar-refractivity contribution in [2.45, 2.75) is 120 Å². The zero-order valence-corrected chi connectivity index (χ0v) is 22.4. The minimum Gasteiger partial charge on any atom is -0.477 e. The number of Topliss-reactive ketones (excluding diaryl/α,β-unsaturated/α-hetero) is 1. The molecular weight excluding hydrogens is 466 g/mol. The van der Waals surface area contributed by atoms with E-state index in [-0.39, 0.29) is 17.8 Å². The molecule has 0 radical (unpaired) electrons. The molecule has 2 fully saturated rings. The van der Waals surface area contributed by atoms with Crippen LogP contribution < -0.4 is 9.47 Å². The lowest BCUT2D eigenvalue weighted by atomic mass is 9.49. The second-order valence-electron chi connectivity index (χ2n) is 11.6. The van der Waals surface area contributed by atoms with Crippen molar-refractivity contribution in [1.82, 2.24) is 4.90 Å². The lowest BCUT2D eigenvalue weighted by Crippen LogP contribution is -2.76. The van der Waals surface area contributed by atoms with Crippen LogP contribution in [0.3, 0.4) is 0 Å². The standard InChI is InChI=1S/C31H43NO5/c1-3-5-6-7-8-9-10-11-12-13-26(34)36-24-15-14-22-21-25-31(35)17-16-23(33)29-30(31,27(22)28(24)37-29)18-20-32(25)19-4-2/h4,14-15,25,29,35H,2-3,5-13,16-21H2,1H3/t25-,29+,30-,31-/m1/s1. The van der Waals surface area contributed by atoms with Gasteiger partial charge in [-0.3, -0.25) is 14.5 Å². The number of benzene rings is 1. The molecule has 1 saturated carbocycles. The van der Waals surface area contributed by atoms with Crippen molar-refractivity contribution in [3.63, 3.8) is 0 Å². The first-order valence-electron chi connectivity index (χ1n) is 14.6. The van der Waals surface area contributed by atoms with Crippen LogP contribution >= 0.6 is 0 Å². The SMILES string of the molecule is C=CCN1CC[C@@]23c4c5ccc(OC(=O)CCCCCCCCCCC)c4O[C@H]2C(=O)CC[C@@]3(O)[C@H]1C5. The third-order valence-corrected chi connectivity index (χ3v) is 9.43. The second-order valence-corrected chi connectivity index (χ2v) is 11.6. The van der Waals surface area contributed by atoms with Crippen molar-refractivity contribution in [3.05, 3.63) is 35.9 Å². The number of carbonyl (C=O) groups is 2. The molecule has 1 aromatic carbocycles. The molecule has 1 aromatic rings. The number of ether oxygens (including phenoxy) is 2. The summed E-state index contributed by atoms with van der Waals surface area (Å²) in [4.78, 5) is 28.2. The molecule has 1 N–H and O–H groups in total. The Hall–Kier alpha value is -2.18. The Kier molecular flexibility index (Phi) is 7.78. The van der Waals surface area contributed by atoms with E-state index in [0.29, 0.717) is 50.1 Å². The Morgan fingerprint density at radius 1 is 1.16 bits per heavy atom. The summed E-state index contributed by atoms with van der Waals surface area (Å²) in [5.74, 6) is 0.681. The van der Waals surface area contributed by atoms with Gasteiger partial charge in [-0.25, -0.2) is 0 Å². The zero-order valence-electron chi connectivity index (χ0n) is 22.4. The van der Waals surface area contributed by atoms with Gasteiger partial charge in [-0.1, -0.05) is 70.4 Å². The van der Waals surface area contributed by atoms with E-state index in [0.717, 1.165) is 36.9 Å². The van der Waals surface area contributed by atoms with Gasteiger partial charge in [-0.2, -0.15) is 0 Å². The number of esters is 1. The molecule has 4 aliphatic rings. The highest BCUT2D eigenvalue weighted by Crippen LogP contribution is 2.64. The molecule has 5 rings (SSSR count). The van der Waals surface area contributed by atoms with Crippen LogP contribution in [0.4, 0.5) is 0 Å². The lowest BCUT2D eigenvalue weighted by Gasteiger charge is -2.62. The van der Waals surface area contributed by atoms with Crippen LogP contribution in [0.25, 0.3) is 0 Å². The largest absolute Gasteiger partial charge is 0.477 e. The second kappa shape index (κ2) is 10.9. The summed E-state index contributed by atoms with van der Waals surface area (Å²) in [7, 11) is 0. The Bertz CT molecular complexity index is 1040. The Labute approximate surface area is 221 Å². The summed E-state index contributed by atoms with van der Waals surface area (Å²) in [5.41, 5.74) is 0.183. The van der Waals surface area contributed by atoms with Crippen molar-refractivity contribution < 1.29 is 24.2 Å². The Morgan fingerprint density at radius 2 is 1.89 bits per heavy atom. The predicted octanol–water partition coefficient (Wildman–Crippen LogP) is 5.42. The maximum absolute atomic E-state index is 13.1. The smallest absolute Gasteiger partial charge is 0.311 e. The van der Waals surface area contributed by atoms with Crippen LogP contribution in [-0.4, -0.2) is 52.6 Å². The van der Waals surface area contributed by atoms with Gasteiger partial charge >= 0.3 is 5.97 Å². The highest BCUT2D eigenvalue weighted by Gasteiger charge is 2.73. The average Bonchev–Trinajstić information content (AvgIpc) is 3.24. The van der Waals surface area contributed by atoms with Gasteiger partial charge in [0.1, 0.15) is 0 Å². The molecule has 2 bridgehead atoms. The van der Waals surface area contributed by atoms with Crippen LogP contribution in [0, 0.1) is 0 Å². The fourth-order valence-electron chi connectivity index (χ4n) is 7.62. The molecule has 2 aliphatic carbocycles. The number of aliphatic hydroxyl groups is 1. The van der Waals surface area contributed by atoms with Gasteiger partial charge in [-0.05, 0) is 37.3 Å². The number of piperidine rings is 1. The van der Waals surface area contributed by atoms with E-state index in [9.17, 15) is 14.7 Å². The van der Waals surface area contributed by atoms with E-state index in [1.54, 1.807) is 0 Å². The number of unbranched alkanes of at least 4 members (excludes halogenated alkanes) is 8. The van der Waals surface area contributed by atoms with Gasteiger partial charge in [0, 0.05) is 37.5 Å². The molecule has 4 atom stereocenters. The number of nitrogens with zero attached hydrogens (tertiary/aromatic N) is 1.